The number of aromatic hydroxyl groups is 1. The van der Waals surface area contributed by atoms with Crippen LogP contribution in [-0.2, 0) is 11.2 Å². The highest BCUT2D eigenvalue weighted by Gasteiger charge is 2.26. The topological polar surface area (TPSA) is 55.8 Å². The fourth-order valence-corrected chi connectivity index (χ4v) is 3.37. The molecule has 1 fully saturated rings. The average molecular weight is 353 g/mol. The molecule has 2 aromatic rings. The van der Waals surface area contributed by atoms with Crippen molar-refractivity contribution in [1.29, 1.82) is 0 Å². The van der Waals surface area contributed by atoms with Gasteiger partial charge in [0.2, 0.25) is 5.91 Å². The van der Waals surface area contributed by atoms with Crippen LogP contribution in [0.25, 0.3) is 0 Å². The van der Waals surface area contributed by atoms with E-state index in [0.717, 1.165) is 38.3 Å². The fraction of sp³-hybridized carbons (Fsp3) is 0.381. The molecule has 26 heavy (non-hydrogen) atoms. The molecule has 1 atom stereocenters. The Morgan fingerprint density at radius 2 is 1.69 bits per heavy atom. The largest absolute Gasteiger partial charge is 0.506 e. The zero-order valence-electron chi connectivity index (χ0n) is 15.3. The van der Waals surface area contributed by atoms with Crippen molar-refractivity contribution in [2.45, 2.75) is 19.4 Å². The SMILES string of the molecule is C[C@@H](C(=O)NCCc1ccccc1)N1CCN(c2ccccc2O)CC1. The van der Waals surface area contributed by atoms with E-state index in [1.54, 1.807) is 6.07 Å². The van der Waals surface area contributed by atoms with Gasteiger partial charge < -0.3 is 15.3 Å². The first-order chi connectivity index (χ1) is 12.6. The van der Waals surface area contributed by atoms with Gasteiger partial charge in [0, 0.05) is 32.7 Å². The Kier molecular flexibility index (Phi) is 6.12. The molecule has 0 aromatic heterocycles. The number of nitrogens with zero attached hydrogens (tertiary/aromatic N) is 2. The summed E-state index contributed by atoms with van der Waals surface area (Å²) in [6.07, 6.45) is 0.848. The molecule has 3 rings (SSSR count). The van der Waals surface area contributed by atoms with Crippen LogP contribution < -0.4 is 10.2 Å². The number of phenolic OH excluding ortho intramolecular Hbond substituents is 1. The number of anilines is 1. The third-order valence-electron chi connectivity index (χ3n) is 5.02. The van der Waals surface area contributed by atoms with Gasteiger partial charge in [0.1, 0.15) is 5.75 Å². The van der Waals surface area contributed by atoms with E-state index in [-0.39, 0.29) is 11.9 Å². The molecule has 0 radical (unpaired) electrons. The Hall–Kier alpha value is -2.53. The maximum absolute atomic E-state index is 12.4. The molecular weight excluding hydrogens is 326 g/mol. The summed E-state index contributed by atoms with van der Waals surface area (Å²) in [4.78, 5) is 16.8. The van der Waals surface area contributed by atoms with Gasteiger partial charge in [-0.2, -0.15) is 0 Å². The van der Waals surface area contributed by atoms with Gasteiger partial charge in [-0.15, -0.1) is 0 Å². The zero-order valence-corrected chi connectivity index (χ0v) is 15.3. The second-order valence-electron chi connectivity index (χ2n) is 6.71. The molecule has 2 N–H and O–H groups in total. The van der Waals surface area contributed by atoms with Crippen molar-refractivity contribution < 1.29 is 9.90 Å². The summed E-state index contributed by atoms with van der Waals surface area (Å²) in [6, 6.07) is 17.5. The molecule has 1 saturated heterocycles. The first-order valence-electron chi connectivity index (χ1n) is 9.24. The van der Waals surface area contributed by atoms with E-state index in [4.69, 9.17) is 0 Å². The summed E-state index contributed by atoms with van der Waals surface area (Å²) in [7, 11) is 0. The second-order valence-corrected chi connectivity index (χ2v) is 6.71. The van der Waals surface area contributed by atoms with Gasteiger partial charge in [-0.1, -0.05) is 42.5 Å². The minimum absolute atomic E-state index is 0.0805. The fourth-order valence-electron chi connectivity index (χ4n) is 3.37. The first-order valence-corrected chi connectivity index (χ1v) is 9.24. The lowest BCUT2D eigenvalue weighted by Crippen LogP contribution is -2.54. The van der Waals surface area contributed by atoms with Crippen molar-refractivity contribution in [3.8, 4) is 5.75 Å². The number of carbonyl (C=O) groups excluding carboxylic acids is 1. The number of benzene rings is 2. The molecule has 1 aliphatic heterocycles. The number of para-hydroxylation sites is 2. The van der Waals surface area contributed by atoms with Crippen molar-refractivity contribution in [2.75, 3.05) is 37.6 Å². The highest BCUT2D eigenvalue weighted by atomic mass is 16.3. The van der Waals surface area contributed by atoms with Gasteiger partial charge in [0.15, 0.2) is 0 Å². The average Bonchev–Trinajstić information content (AvgIpc) is 2.69. The van der Waals surface area contributed by atoms with Crippen molar-refractivity contribution in [2.24, 2.45) is 0 Å². The van der Waals surface area contributed by atoms with Crippen molar-refractivity contribution in [3.63, 3.8) is 0 Å². The molecule has 2 aromatic carbocycles. The van der Waals surface area contributed by atoms with Crippen molar-refractivity contribution in [1.82, 2.24) is 10.2 Å². The van der Waals surface area contributed by atoms with Crippen LogP contribution in [0.3, 0.4) is 0 Å². The molecule has 1 aliphatic rings. The number of rotatable bonds is 6. The quantitative estimate of drug-likeness (QED) is 0.836. The number of hydrogen-bond donors (Lipinski definition) is 2. The molecule has 0 aliphatic carbocycles. The Bertz CT molecular complexity index is 712. The summed E-state index contributed by atoms with van der Waals surface area (Å²) in [6.45, 7) is 5.85. The third kappa shape index (κ3) is 4.55. The second kappa shape index (κ2) is 8.72. The molecule has 5 nitrogen and oxygen atoms in total. The Morgan fingerprint density at radius 3 is 2.38 bits per heavy atom. The van der Waals surface area contributed by atoms with Crippen LogP contribution in [-0.4, -0.2) is 54.7 Å². The maximum Gasteiger partial charge on any atom is 0.237 e. The summed E-state index contributed by atoms with van der Waals surface area (Å²) < 4.78 is 0. The normalized spacial score (nSPS) is 16.3. The Balaban J connectivity index is 1.45. The van der Waals surface area contributed by atoms with Gasteiger partial charge >= 0.3 is 0 Å². The number of piperazine rings is 1. The van der Waals surface area contributed by atoms with E-state index in [1.807, 2.05) is 43.3 Å². The monoisotopic (exact) mass is 353 g/mol. The van der Waals surface area contributed by atoms with E-state index in [2.05, 4.69) is 27.2 Å². The number of carbonyl (C=O) groups is 1. The highest BCUT2D eigenvalue weighted by Crippen LogP contribution is 2.27. The van der Waals surface area contributed by atoms with E-state index in [9.17, 15) is 9.90 Å². The molecule has 138 valence electrons. The molecule has 0 bridgehead atoms. The van der Waals surface area contributed by atoms with Crippen LogP contribution in [0.5, 0.6) is 5.75 Å². The standard InChI is InChI=1S/C21H27N3O2/c1-17(21(26)22-12-11-18-7-3-2-4-8-18)23-13-15-24(16-14-23)19-9-5-6-10-20(19)25/h2-10,17,25H,11-16H2,1H3,(H,22,26)/t17-/m0/s1. The van der Waals surface area contributed by atoms with Gasteiger partial charge in [-0.25, -0.2) is 0 Å². The van der Waals surface area contributed by atoms with Gasteiger partial charge in [-0.3, -0.25) is 9.69 Å². The number of phenols is 1. The number of nitrogens with one attached hydrogen (secondary N) is 1. The van der Waals surface area contributed by atoms with Crippen LogP contribution in [0, 0.1) is 0 Å². The molecule has 1 amide bonds. The molecule has 1 heterocycles. The lowest BCUT2D eigenvalue weighted by molar-refractivity contribution is -0.125. The van der Waals surface area contributed by atoms with Crippen molar-refractivity contribution >= 4 is 11.6 Å². The minimum Gasteiger partial charge on any atom is -0.506 e. The predicted octanol–water partition coefficient (Wildman–Crippen LogP) is 2.26. The van der Waals surface area contributed by atoms with Crippen LogP contribution in [0.15, 0.2) is 54.6 Å². The maximum atomic E-state index is 12.4. The number of amides is 1. The summed E-state index contributed by atoms with van der Waals surface area (Å²) in [5, 5.41) is 13.0. The third-order valence-corrected chi connectivity index (χ3v) is 5.02. The van der Waals surface area contributed by atoms with Crippen LogP contribution in [0.2, 0.25) is 0 Å². The van der Waals surface area contributed by atoms with Crippen LogP contribution in [0.1, 0.15) is 12.5 Å². The molecule has 0 spiro atoms. The Morgan fingerprint density at radius 1 is 1.04 bits per heavy atom. The zero-order chi connectivity index (χ0) is 18.4. The molecular formula is C21H27N3O2. The predicted molar refractivity (Wildman–Crippen MR) is 105 cm³/mol. The van der Waals surface area contributed by atoms with E-state index >= 15 is 0 Å². The summed E-state index contributed by atoms with van der Waals surface area (Å²) >= 11 is 0. The van der Waals surface area contributed by atoms with Gasteiger partial charge in [-0.05, 0) is 31.0 Å². The Labute approximate surface area is 155 Å². The van der Waals surface area contributed by atoms with E-state index in [0.29, 0.717) is 12.3 Å². The minimum atomic E-state index is -0.141. The summed E-state index contributed by atoms with van der Waals surface area (Å²) in [5.41, 5.74) is 2.10. The van der Waals surface area contributed by atoms with Gasteiger partial charge in [0.25, 0.3) is 0 Å². The molecule has 0 saturated carbocycles. The van der Waals surface area contributed by atoms with Crippen LogP contribution in [0.4, 0.5) is 5.69 Å². The van der Waals surface area contributed by atoms with E-state index < -0.39 is 0 Å². The lowest BCUT2D eigenvalue weighted by Gasteiger charge is -2.38. The smallest absolute Gasteiger partial charge is 0.237 e. The first kappa shape index (κ1) is 18.3. The highest BCUT2D eigenvalue weighted by molar-refractivity contribution is 5.81. The summed E-state index contributed by atoms with van der Waals surface area (Å²) in [5.74, 6) is 0.393. The molecule has 0 unspecified atom stereocenters. The number of hydrogen-bond acceptors (Lipinski definition) is 4. The van der Waals surface area contributed by atoms with Crippen molar-refractivity contribution in [3.05, 3.63) is 60.2 Å². The lowest BCUT2D eigenvalue weighted by atomic mass is 10.1. The molecule has 5 heteroatoms. The van der Waals surface area contributed by atoms with Crippen LogP contribution >= 0.6 is 0 Å². The van der Waals surface area contributed by atoms with E-state index in [1.165, 1.54) is 5.56 Å². The van der Waals surface area contributed by atoms with Gasteiger partial charge in [0.05, 0.1) is 11.7 Å².